The van der Waals surface area contributed by atoms with E-state index < -0.39 is 33.3 Å². The fourth-order valence-corrected chi connectivity index (χ4v) is 4.13. The Hall–Kier alpha value is -2.26. The van der Waals surface area contributed by atoms with Crippen molar-refractivity contribution < 1.29 is 27.1 Å². The van der Waals surface area contributed by atoms with E-state index in [0.29, 0.717) is 15.4 Å². The second-order valence-electron chi connectivity index (χ2n) is 5.10. The summed E-state index contributed by atoms with van der Waals surface area (Å²) in [5.41, 5.74) is 0.625. The van der Waals surface area contributed by atoms with Crippen molar-refractivity contribution in [1.82, 2.24) is 0 Å². The molecule has 0 aliphatic heterocycles. The number of hydrogen-bond acceptors (Lipinski definition) is 6. The van der Waals surface area contributed by atoms with Crippen molar-refractivity contribution >= 4 is 38.1 Å². The van der Waals surface area contributed by atoms with E-state index in [0.717, 1.165) is 35.6 Å². The van der Waals surface area contributed by atoms with Gasteiger partial charge in [-0.15, -0.1) is 11.3 Å². The van der Waals surface area contributed by atoms with Crippen molar-refractivity contribution in [2.75, 3.05) is 17.7 Å². The van der Waals surface area contributed by atoms with Gasteiger partial charge in [0, 0.05) is 0 Å². The summed E-state index contributed by atoms with van der Waals surface area (Å²) < 4.78 is 42.1. The zero-order valence-electron chi connectivity index (χ0n) is 13.5. The number of aryl methyl sites for hydroxylation is 1. The van der Waals surface area contributed by atoms with Gasteiger partial charge >= 0.3 is 5.97 Å². The predicted molar refractivity (Wildman–Crippen MR) is 92.1 cm³/mol. The van der Waals surface area contributed by atoms with E-state index in [1.807, 2.05) is 0 Å². The highest BCUT2D eigenvalue weighted by Crippen LogP contribution is 2.27. The number of carbonyl (C=O) groups is 2. The first-order chi connectivity index (χ1) is 11.7. The molecule has 1 heterocycles. The number of amides is 1. The lowest BCUT2D eigenvalue weighted by molar-refractivity contribution is -0.113. The van der Waals surface area contributed by atoms with Crippen LogP contribution in [-0.2, 0) is 19.4 Å². The molecule has 2 rings (SSSR count). The van der Waals surface area contributed by atoms with Gasteiger partial charge < -0.3 is 10.1 Å². The first-order valence-corrected chi connectivity index (χ1v) is 9.75. The third-order valence-corrected chi connectivity index (χ3v) is 5.90. The van der Waals surface area contributed by atoms with Crippen LogP contribution in [-0.4, -0.2) is 32.7 Å². The Balaban J connectivity index is 2.08. The normalized spacial score (nSPS) is 11.2. The van der Waals surface area contributed by atoms with Crippen molar-refractivity contribution in [2.24, 2.45) is 0 Å². The van der Waals surface area contributed by atoms with Crippen LogP contribution in [0.4, 0.5) is 9.39 Å². The maximum atomic E-state index is 12.9. The molecule has 134 valence electrons. The molecule has 1 N–H and O–H groups in total. The monoisotopic (exact) mass is 385 g/mol. The highest BCUT2D eigenvalue weighted by Gasteiger charge is 2.21. The molecule has 1 aromatic carbocycles. The Bertz CT molecular complexity index is 888. The van der Waals surface area contributed by atoms with E-state index in [-0.39, 0.29) is 11.5 Å². The van der Waals surface area contributed by atoms with Gasteiger partial charge in [0.25, 0.3) is 0 Å². The third kappa shape index (κ3) is 4.86. The van der Waals surface area contributed by atoms with Crippen LogP contribution in [0.5, 0.6) is 0 Å². The van der Waals surface area contributed by atoms with Crippen LogP contribution >= 0.6 is 11.3 Å². The molecule has 1 aromatic heterocycles. The predicted octanol–water partition coefficient (Wildman–Crippen LogP) is 2.78. The third-order valence-electron chi connectivity index (χ3n) is 3.14. The van der Waals surface area contributed by atoms with Gasteiger partial charge in [-0.3, -0.25) is 4.79 Å². The van der Waals surface area contributed by atoms with Gasteiger partial charge in [-0.2, -0.15) is 0 Å². The smallest absolute Gasteiger partial charge is 0.348 e. The fourth-order valence-electron chi connectivity index (χ4n) is 2.01. The Labute approximate surface area is 148 Å². The maximum absolute atomic E-state index is 12.9. The standard InChI is InChI=1S/C16H16FNO5S2/c1-3-23-16(20)15-10(2)8-14(24-15)18-13(19)9-25(21,22)12-6-4-11(17)5-7-12/h4-8H,3,9H2,1-2H3,(H,18,19). The number of ether oxygens (including phenoxy) is 1. The molecule has 0 saturated heterocycles. The van der Waals surface area contributed by atoms with E-state index in [1.54, 1.807) is 19.9 Å². The van der Waals surface area contributed by atoms with Crippen LogP contribution in [0.15, 0.2) is 35.2 Å². The van der Waals surface area contributed by atoms with Crippen molar-refractivity contribution in [1.29, 1.82) is 0 Å². The Morgan fingerprint density at radius 3 is 2.48 bits per heavy atom. The Morgan fingerprint density at radius 1 is 1.24 bits per heavy atom. The summed E-state index contributed by atoms with van der Waals surface area (Å²) in [5, 5.41) is 2.80. The van der Waals surface area contributed by atoms with Crippen LogP contribution in [0.1, 0.15) is 22.2 Å². The van der Waals surface area contributed by atoms with Crippen LogP contribution in [0.3, 0.4) is 0 Å². The lowest BCUT2D eigenvalue weighted by atomic mass is 10.3. The zero-order valence-corrected chi connectivity index (χ0v) is 15.2. The average molecular weight is 385 g/mol. The lowest BCUT2D eigenvalue weighted by Gasteiger charge is -2.05. The number of thiophene rings is 1. The van der Waals surface area contributed by atoms with Crippen molar-refractivity contribution in [3.63, 3.8) is 0 Å². The molecule has 2 aromatic rings. The number of benzene rings is 1. The number of nitrogens with one attached hydrogen (secondary N) is 1. The highest BCUT2D eigenvalue weighted by molar-refractivity contribution is 7.92. The number of sulfone groups is 1. The molecule has 0 fully saturated rings. The molecule has 0 radical (unpaired) electrons. The van der Waals surface area contributed by atoms with Crippen LogP contribution in [0, 0.1) is 12.7 Å². The molecule has 0 aliphatic carbocycles. The number of carbonyl (C=O) groups excluding carboxylic acids is 2. The summed E-state index contributed by atoms with van der Waals surface area (Å²) >= 11 is 1.01. The average Bonchev–Trinajstić information content (AvgIpc) is 2.87. The fraction of sp³-hybridized carbons (Fsp3) is 0.250. The van der Waals surface area contributed by atoms with Crippen molar-refractivity contribution in [3.05, 3.63) is 46.6 Å². The van der Waals surface area contributed by atoms with Gasteiger partial charge in [0.15, 0.2) is 9.84 Å². The summed E-state index contributed by atoms with van der Waals surface area (Å²) in [6.45, 7) is 3.60. The minimum atomic E-state index is -3.89. The summed E-state index contributed by atoms with van der Waals surface area (Å²) in [6, 6.07) is 5.80. The van der Waals surface area contributed by atoms with Crippen molar-refractivity contribution in [2.45, 2.75) is 18.7 Å². The molecule has 0 saturated carbocycles. The van der Waals surface area contributed by atoms with E-state index >= 15 is 0 Å². The molecule has 25 heavy (non-hydrogen) atoms. The molecule has 1 amide bonds. The van der Waals surface area contributed by atoms with E-state index in [9.17, 15) is 22.4 Å². The van der Waals surface area contributed by atoms with E-state index in [1.165, 1.54) is 0 Å². The van der Waals surface area contributed by atoms with Crippen molar-refractivity contribution in [3.8, 4) is 0 Å². The highest BCUT2D eigenvalue weighted by atomic mass is 32.2. The molecule has 9 heteroatoms. The van der Waals surface area contributed by atoms with Crippen LogP contribution in [0.25, 0.3) is 0 Å². The van der Waals surface area contributed by atoms with E-state index in [2.05, 4.69) is 5.32 Å². The summed E-state index contributed by atoms with van der Waals surface area (Å²) in [6.07, 6.45) is 0. The topological polar surface area (TPSA) is 89.5 Å². The van der Waals surface area contributed by atoms with Crippen LogP contribution < -0.4 is 5.32 Å². The van der Waals surface area contributed by atoms with Gasteiger partial charge in [0.05, 0.1) is 16.5 Å². The second-order valence-corrected chi connectivity index (χ2v) is 8.15. The van der Waals surface area contributed by atoms with E-state index in [4.69, 9.17) is 4.74 Å². The molecule has 0 bridgehead atoms. The first kappa shape index (κ1) is 19.1. The minimum Gasteiger partial charge on any atom is -0.462 e. The lowest BCUT2D eigenvalue weighted by Crippen LogP contribution is -2.22. The number of anilines is 1. The minimum absolute atomic E-state index is 0.140. The first-order valence-electron chi connectivity index (χ1n) is 7.28. The number of halogens is 1. The SMILES string of the molecule is CCOC(=O)c1sc(NC(=O)CS(=O)(=O)c2ccc(F)cc2)cc1C. The molecule has 0 atom stereocenters. The molecule has 0 unspecified atom stereocenters. The molecule has 0 spiro atoms. The quantitative estimate of drug-likeness (QED) is 0.610. The zero-order chi connectivity index (χ0) is 18.6. The Morgan fingerprint density at radius 2 is 1.88 bits per heavy atom. The largest absolute Gasteiger partial charge is 0.462 e. The molecular weight excluding hydrogens is 369 g/mol. The summed E-state index contributed by atoms with van der Waals surface area (Å²) in [5.74, 6) is -2.60. The number of hydrogen-bond donors (Lipinski definition) is 1. The summed E-state index contributed by atoms with van der Waals surface area (Å²) in [4.78, 5) is 24.0. The molecular formula is C16H16FNO5S2. The van der Waals surface area contributed by atoms with Gasteiger partial charge in [-0.25, -0.2) is 17.6 Å². The Kier molecular flexibility index (Phi) is 5.91. The molecule has 0 aliphatic rings. The second kappa shape index (κ2) is 7.75. The number of esters is 1. The molecule has 6 nitrogen and oxygen atoms in total. The summed E-state index contributed by atoms with van der Waals surface area (Å²) in [7, 11) is -3.89. The maximum Gasteiger partial charge on any atom is 0.348 e. The van der Waals surface area contributed by atoms with Gasteiger partial charge in [0.1, 0.15) is 16.4 Å². The number of rotatable bonds is 6. The van der Waals surface area contributed by atoms with Gasteiger partial charge in [-0.1, -0.05) is 0 Å². The van der Waals surface area contributed by atoms with Crippen LogP contribution in [0.2, 0.25) is 0 Å². The van der Waals surface area contributed by atoms with Gasteiger partial charge in [0.2, 0.25) is 5.91 Å². The van der Waals surface area contributed by atoms with Gasteiger partial charge in [-0.05, 0) is 49.7 Å².